The first-order valence-corrected chi connectivity index (χ1v) is 7.07. The lowest BCUT2D eigenvalue weighted by molar-refractivity contribution is 0.215. The zero-order valence-electron chi connectivity index (χ0n) is 12.2. The summed E-state index contributed by atoms with van der Waals surface area (Å²) in [5, 5.41) is 0. The van der Waals surface area contributed by atoms with E-state index in [4.69, 9.17) is 5.73 Å². The number of hydrogen-bond acceptors (Lipinski definition) is 2. The highest BCUT2D eigenvalue weighted by Gasteiger charge is 2.31. The molecule has 1 saturated heterocycles. The Hall–Kier alpha value is -0.930. The average Bonchev–Trinajstić information content (AvgIpc) is 2.69. The summed E-state index contributed by atoms with van der Waals surface area (Å²) >= 11 is 0. The van der Waals surface area contributed by atoms with Crippen LogP contribution in [0.5, 0.6) is 0 Å². The standard InChI is InChI=1S/C16H25FN2/c1-16(2,17)9-13-6-4-5-7-14(13)15-8-12(10-18)11-19(15)3/h4-7,12,15H,8-11,18H2,1-3H3. The van der Waals surface area contributed by atoms with Gasteiger partial charge in [0, 0.05) is 19.0 Å². The van der Waals surface area contributed by atoms with Crippen molar-refractivity contribution in [3.8, 4) is 0 Å². The fourth-order valence-electron chi connectivity index (χ4n) is 3.11. The molecule has 0 spiro atoms. The Morgan fingerprint density at radius 1 is 1.37 bits per heavy atom. The summed E-state index contributed by atoms with van der Waals surface area (Å²) in [6.07, 6.45) is 1.55. The fraction of sp³-hybridized carbons (Fsp3) is 0.625. The van der Waals surface area contributed by atoms with Crippen LogP contribution in [0.25, 0.3) is 0 Å². The maximum atomic E-state index is 13.9. The van der Waals surface area contributed by atoms with Crippen molar-refractivity contribution in [3.05, 3.63) is 35.4 Å². The third-order valence-electron chi connectivity index (χ3n) is 3.99. The predicted molar refractivity (Wildman–Crippen MR) is 77.9 cm³/mol. The Kier molecular flexibility index (Phi) is 4.26. The van der Waals surface area contributed by atoms with Crippen molar-refractivity contribution in [2.24, 2.45) is 11.7 Å². The molecule has 0 saturated carbocycles. The molecule has 2 rings (SSSR count). The number of hydrogen-bond donors (Lipinski definition) is 1. The van der Waals surface area contributed by atoms with Crippen molar-refractivity contribution >= 4 is 0 Å². The van der Waals surface area contributed by atoms with E-state index in [-0.39, 0.29) is 0 Å². The molecular weight excluding hydrogens is 239 g/mol. The topological polar surface area (TPSA) is 29.3 Å². The van der Waals surface area contributed by atoms with Crippen molar-refractivity contribution < 1.29 is 4.39 Å². The molecular formula is C16H25FN2. The molecule has 2 N–H and O–H groups in total. The lowest BCUT2D eigenvalue weighted by atomic mass is 9.90. The molecule has 19 heavy (non-hydrogen) atoms. The third kappa shape index (κ3) is 3.54. The van der Waals surface area contributed by atoms with Crippen LogP contribution in [0.15, 0.2) is 24.3 Å². The Morgan fingerprint density at radius 2 is 2.05 bits per heavy atom. The molecule has 1 aliphatic rings. The minimum atomic E-state index is -1.17. The van der Waals surface area contributed by atoms with Crippen molar-refractivity contribution in [1.29, 1.82) is 0 Å². The molecule has 3 heteroatoms. The second kappa shape index (κ2) is 5.59. The molecule has 2 atom stereocenters. The Bertz CT molecular complexity index is 425. The monoisotopic (exact) mass is 264 g/mol. The highest BCUT2D eigenvalue weighted by atomic mass is 19.1. The van der Waals surface area contributed by atoms with Gasteiger partial charge >= 0.3 is 0 Å². The van der Waals surface area contributed by atoms with E-state index in [1.165, 1.54) is 5.56 Å². The first kappa shape index (κ1) is 14.5. The maximum Gasteiger partial charge on any atom is 0.109 e. The van der Waals surface area contributed by atoms with Gasteiger partial charge in [0.05, 0.1) is 0 Å². The number of benzene rings is 1. The first-order chi connectivity index (χ1) is 8.90. The molecule has 0 radical (unpaired) electrons. The molecule has 1 fully saturated rings. The Morgan fingerprint density at radius 3 is 2.63 bits per heavy atom. The molecule has 0 aliphatic carbocycles. The maximum absolute atomic E-state index is 13.9. The molecule has 1 heterocycles. The molecule has 0 bridgehead atoms. The zero-order chi connectivity index (χ0) is 14.0. The number of alkyl halides is 1. The molecule has 2 nitrogen and oxygen atoms in total. The van der Waals surface area contributed by atoms with Crippen molar-refractivity contribution in [1.82, 2.24) is 4.90 Å². The highest BCUT2D eigenvalue weighted by Crippen LogP contribution is 2.36. The number of likely N-dealkylation sites (tertiary alicyclic amines) is 1. The fourth-order valence-corrected chi connectivity index (χ4v) is 3.11. The molecule has 2 unspecified atom stereocenters. The molecule has 0 amide bonds. The van der Waals surface area contributed by atoms with Gasteiger partial charge in [-0.2, -0.15) is 0 Å². The molecule has 0 aromatic heterocycles. The summed E-state index contributed by atoms with van der Waals surface area (Å²) < 4.78 is 13.9. The van der Waals surface area contributed by atoms with E-state index in [0.29, 0.717) is 18.4 Å². The lowest BCUT2D eigenvalue weighted by Gasteiger charge is -2.24. The van der Waals surface area contributed by atoms with Crippen LogP contribution in [0, 0.1) is 5.92 Å². The SMILES string of the molecule is CN1CC(CN)CC1c1ccccc1CC(C)(C)F. The average molecular weight is 264 g/mol. The van der Waals surface area contributed by atoms with Gasteiger partial charge in [-0.15, -0.1) is 0 Å². The zero-order valence-corrected chi connectivity index (χ0v) is 12.2. The van der Waals surface area contributed by atoms with E-state index in [1.54, 1.807) is 13.8 Å². The third-order valence-corrected chi connectivity index (χ3v) is 3.99. The Balaban J connectivity index is 2.25. The van der Waals surface area contributed by atoms with Crippen LogP contribution in [0.2, 0.25) is 0 Å². The van der Waals surface area contributed by atoms with Gasteiger partial charge in [-0.05, 0) is 50.9 Å². The van der Waals surface area contributed by atoms with Crippen molar-refractivity contribution in [3.63, 3.8) is 0 Å². The summed E-state index contributed by atoms with van der Waals surface area (Å²) in [5.74, 6) is 0.557. The number of halogens is 1. The molecule has 1 aromatic carbocycles. The lowest BCUT2D eigenvalue weighted by Crippen LogP contribution is -2.22. The van der Waals surface area contributed by atoms with Gasteiger partial charge in [-0.3, -0.25) is 4.90 Å². The van der Waals surface area contributed by atoms with Crippen molar-refractivity contribution in [2.75, 3.05) is 20.1 Å². The summed E-state index contributed by atoms with van der Waals surface area (Å²) in [6.45, 7) is 5.06. The summed E-state index contributed by atoms with van der Waals surface area (Å²) in [7, 11) is 2.14. The minimum Gasteiger partial charge on any atom is -0.330 e. The first-order valence-electron chi connectivity index (χ1n) is 7.07. The van der Waals surface area contributed by atoms with Crippen LogP contribution in [0.1, 0.15) is 37.4 Å². The Labute approximate surface area is 115 Å². The molecule has 1 aromatic rings. The van der Waals surface area contributed by atoms with Gasteiger partial charge in [0.2, 0.25) is 0 Å². The normalized spacial score (nSPS) is 24.9. The summed E-state index contributed by atoms with van der Waals surface area (Å²) in [4.78, 5) is 2.35. The van der Waals surface area contributed by atoms with Crippen molar-refractivity contribution in [2.45, 2.75) is 38.4 Å². The van der Waals surface area contributed by atoms with Crippen LogP contribution in [0.3, 0.4) is 0 Å². The van der Waals surface area contributed by atoms with Crippen LogP contribution in [-0.2, 0) is 6.42 Å². The van der Waals surface area contributed by atoms with E-state index in [9.17, 15) is 4.39 Å². The molecule has 106 valence electrons. The van der Waals surface area contributed by atoms with Crippen LogP contribution < -0.4 is 5.73 Å². The van der Waals surface area contributed by atoms with E-state index in [2.05, 4.69) is 24.1 Å². The quantitative estimate of drug-likeness (QED) is 0.906. The van der Waals surface area contributed by atoms with Crippen LogP contribution >= 0.6 is 0 Å². The number of nitrogens with zero attached hydrogens (tertiary/aromatic N) is 1. The second-order valence-electron chi connectivity index (χ2n) is 6.39. The van der Waals surface area contributed by atoms with E-state index >= 15 is 0 Å². The van der Waals surface area contributed by atoms with Gasteiger partial charge in [0.1, 0.15) is 5.67 Å². The van der Waals surface area contributed by atoms with E-state index in [0.717, 1.165) is 25.1 Å². The van der Waals surface area contributed by atoms with Gasteiger partial charge in [-0.25, -0.2) is 4.39 Å². The largest absolute Gasteiger partial charge is 0.330 e. The van der Waals surface area contributed by atoms with Gasteiger partial charge in [0.15, 0.2) is 0 Å². The van der Waals surface area contributed by atoms with Gasteiger partial charge < -0.3 is 5.73 Å². The van der Waals surface area contributed by atoms with Crippen LogP contribution in [0.4, 0.5) is 4.39 Å². The van der Waals surface area contributed by atoms with Gasteiger partial charge in [0.25, 0.3) is 0 Å². The highest BCUT2D eigenvalue weighted by molar-refractivity contribution is 5.32. The van der Waals surface area contributed by atoms with Crippen LogP contribution in [-0.4, -0.2) is 30.7 Å². The van der Waals surface area contributed by atoms with Gasteiger partial charge in [-0.1, -0.05) is 24.3 Å². The number of nitrogens with two attached hydrogens (primary N) is 1. The predicted octanol–water partition coefficient (Wildman–Crippen LogP) is 2.93. The minimum absolute atomic E-state index is 0.382. The second-order valence-corrected chi connectivity index (χ2v) is 6.39. The summed E-state index contributed by atoms with van der Waals surface area (Å²) in [5.41, 5.74) is 7.02. The number of rotatable bonds is 4. The van der Waals surface area contributed by atoms with E-state index in [1.807, 2.05) is 12.1 Å². The summed E-state index contributed by atoms with van der Waals surface area (Å²) in [6, 6.07) is 8.63. The molecule has 1 aliphatic heterocycles. The van der Waals surface area contributed by atoms with E-state index < -0.39 is 5.67 Å². The smallest absolute Gasteiger partial charge is 0.109 e.